The van der Waals surface area contributed by atoms with Gasteiger partial charge in [-0.15, -0.1) is 0 Å². The van der Waals surface area contributed by atoms with Crippen molar-refractivity contribution in [1.29, 1.82) is 0 Å². The highest BCUT2D eigenvalue weighted by molar-refractivity contribution is 5.92. The van der Waals surface area contributed by atoms with Crippen LogP contribution in [0, 0.1) is 0 Å². The molecule has 2 N–H and O–H groups in total. The van der Waals surface area contributed by atoms with Crippen LogP contribution in [0.1, 0.15) is 22.5 Å². The molecular formula is C17H18N4O2. The van der Waals surface area contributed by atoms with Crippen LogP contribution in [0.5, 0.6) is 0 Å². The summed E-state index contributed by atoms with van der Waals surface area (Å²) < 4.78 is 0. The molecule has 1 heterocycles. The first-order valence-electron chi connectivity index (χ1n) is 7.31. The Balaban J connectivity index is 1.61. The number of carbonyl (C=O) groups is 2. The van der Waals surface area contributed by atoms with E-state index >= 15 is 0 Å². The summed E-state index contributed by atoms with van der Waals surface area (Å²) in [7, 11) is 0. The molecular weight excluding hydrogens is 292 g/mol. The Morgan fingerprint density at radius 2 is 1.83 bits per heavy atom. The van der Waals surface area contributed by atoms with Crippen molar-refractivity contribution in [3.05, 3.63) is 66.3 Å². The lowest BCUT2D eigenvalue weighted by molar-refractivity contribution is -0.116. The Kier molecular flexibility index (Phi) is 6.46. The first-order valence-corrected chi connectivity index (χ1v) is 7.31. The van der Waals surface area contributed by atoms with Gasteiger partial charge in [-0.3, -0.25) is 14.6 Å². The first kappa shape index (κ1) is 16.4. The third kappa shape index (κ3) is 6.09. The molecule has 0 spiro atoms. The minimum absolute atomic E-state index is 0.158. The molecule has 6 heteroatoms. The lowest BCUT2D eigenvalue weighted by Gasteiger charge is -2.05. The zero-order chi connectivity index (χ0) is 16.3. The number of hydrogen-bond donors (Lipinski definition) is 2. The number of rotatable bonds is 7. The number of nitrogens with one attached hydrogen (secondary N) is 2. The molecule has 6 nitrogen and oxygen atoms in total. The predicted molar refractivity (Wildman–Crippen MR) is 87.5 cm³/mol. The normalized spacial score (nSPS) is 10.4. The molecule has 0 aliphatic carbocycles. The van der Waals surface area contributed by atoms with E-state index in [1.807, 2.05) is 30.3 Å². The molecule has 0 aliphatic heterocycles. The van der Waals surface area contributed by atoms with Crippen molar-refractivity contribution in [3.8, 4) is 0 Å². The van der Waals surface area contributed by atoms with Crippen molar-refractivity contribution >= 4 is 17.9 Å². The number of hydrogen-bond acceptors (Lipinski definition) is 4. The number of carbonyl (C=O) groups excluding carboxylic acids is 2. The Labute approximate surface area is 134 Å². The van der Waals surface area contributed by atoms with Crippen LogP contribution < -0.4 is 10.6 Å². The molecule has 23 heavy (non-hydrogen) atoms. The summed E-state index contributed by atoms with van der Waals surface area (Å²) >= 11 is 0. The molecule has 0 bridgehead atoms. The van der Waals surface area contributed by atoms with Gasteiger partial charge in [0.15, 0.2) is 0 Å². The molecule has 1 aromatic heterocycles. The maximum atomic E-state index is 11.7. The van der Waals surface area contributed by atoms with Crippen LogP contribution >= 0.6 is 0 Å². The molecule has 118 valence electrons. The highest BCUT2D eigenvalue weighted by Crippen LogP contribution is 2.00. The van der Waals surface area contributed by atoms with E-state index < -0.39 is 0 Å². The quantitative estimate of drug-likeness (QED) is 0.598. The molecule has 0 radical (unpaired) electrons. The van der Waals surface area contributed by atoms with Crippen molar-refractivity contribution in [2.45, 2.75) is 6.42 Å². The second kappa shape index (κ2) is 9.09. The summed E-state index contributed by atoms with van der Waals surface area (Å²) in [5.74, 6) is -0.428. The van der Waals surface area contributed by atoms with Gasteiger partial charge in [0.05, 0.1) is 6.20 Å². The fourth-order valence-corrected chi connectivity index (χ4v) is 1.80. The van der Waals surface area contributed by atoms with Crippen LogP contribution in [0.4, 0.5) is 0 Å². The van der Waals surface area contributed by atoms with Gasteiger partial charge in [-0.2, -0.15) is 0 Å². The van der Waals surface area contributed by atoms with E-state index in [2.05, 4.69) is 20.6 Å². The van der Waals surface area contributed by atoms with Crippen LogP contribution in [0.3, 0.4) is 0 Å². The smallest absolute Gasteiger partial charge is 0.271 e. The number of amides is 2. The highest BCUT2D eigenvalue weighted by atomic mass is 16.2. The minimum atomic E-state index is -0.270. The van der Waals surface area contributed by atoms with E-state index in [0.29, 0.717) is 19.5 Å². The van der Waals surface area contributed by atoms with Crippen LogP contribution in [0.15, 0.2) is 55.0 Å². The van der Waals surface area contributed by atoms with Gasteiger partial charge in [0.2, 0.25) is 5.91 Å². The van der Waals surface area contributed by atoms with E-state index in [4.69, 9.17) is 0 Å². The third-order valence-corrected chi connectivity index (χ3v) is 2.96. The van der Waals surface area contributed by atoms with Gasteiger partial charge in [-0.05, 0) is 18.1 Å². The van der Waals surface area contributed by atoms with Crippen LogP contribution in [-0.4, -0.2) is 34.9 Å². The molecule has 0 saturated carbocycles. The lowest BCUT2D eigenvalue weighted by Crippen LogP contribution is -2.29. The van der Waals surface area contributed by atoms with Crippen molar-refractivity contribution in [1.82, 2.24) is 20.6 Å². The second-order valence-corrected chi connectivity index (χ2v) is 4.74. The molecule has 0 aliphatic rings. The summed E-state index contributed by atoms with van der Waals surface area (Å²) in [5.41, 5.74) is 1.25. The summed E-state index contributed by atoms with van der Waals surface area (Å²) in [5, 5.41) is 5.48. The predicted octanol–water partition coefficient (Wildman–Crippen LogP) is 1.43. The minimum Gasteiger partial charge on any atom is -0.352 e. The van der Waals surface area contributed by atoms with Crippen molar-refractivity contribution < 1.29 is 9.59 Å². The lowest BCUT2D eigenvalue weighted by atomic mass is 10.2. The SMILES string of the molecule is O=C(/C=C/c1ccccc1)NCCCNC(=O)c1cnccn1. The molecule has 2 aromatic rings. The van der Waals surface area contributed by atoms with Crippen LogP contribution in [0.25, 0.3) is 6.08 Å². The molecule has 0 fully saturated rings. The first-order chi connectivity index (χ1) is 11.3. The summed E-state index contributed by atoms with van der Waals surface area (Å²) in [4.78, 5) is 31.1. The molecule has 1 aromatic carbocycles. The van der Waals surface area contributed by atoms with Gasteiger partial charge in [0, 0.05) is 31.6 Å². The van der Waals surface area contributed by atoms with Gasteiger partial charge in [-0.25, -0.2) is 4.98 Å². The number of nitrogens with zero attached hydrogens (tertiary/aromatic N) is 2. The van der Waals surface area contributed by atoms with Gasteiger partial charge in [0.25, 0.3) is 5.91 Å². The average molecular weight is 310 g/mol. The number of aromatic nitrogens is 2. The van der Waals surface area contributed by atoms with Crippen molar-refractivity contribution in [2.24, 2.45) is 0 Å². The van der Waals surface area contributed by atoms with E-state index in [9.17, 15) is 9.59 Å². The van der Waals surface area contributed by atoms with Crippen molar-refractivity contribution in [2.75, 3.05) is 13.1 Å². The topological polar surface area (TPSA) is 84.0 Å². The molecule has 2 rings (SSSR count). The Hall–Kier alpha value is -3.02. The largest absolute Gasteiger partial charge is 0.352 e. The standard InChI is InChI=1S/C17H18N4O2/c22-16(8-7-14-5-2-1-3-6-14)20-9-4-10-21-17(23)15-13-18-11-12-19-15/h1-3,5-8,11-13H,4,9-10H2,(H,20,22)(H,21,23)/b8-7+. The summed E-state index contributed by atoms with van der Waals surface area (Å²) in [6, 6.07) is 9.60. The molecule has 0 unspecified atom stereocenters. The fraction of sp³-hybridized carbons (Fsp3) is 0.176. The third-order valence-electron chi connectivity index (χ3n) is 2.96. The zero-order valence-electron chi connectivity index (χ0n) is 12.6. The molecule has 0 saturated heterocycles. The Bertz CT molecular complexity index is 657. The van der Waals surface area contributed by atoms with E-state index in [0.717, 1.165) is 5.56 Å². The van der Waals surface area contributed by atoms with E-state index in [-0.39, 0.29) is 17.5 Å². The maximum absolute atomic E-state index is 11.7. The Morgan fingerprint density at radius 3 is 2.57 bits per heavy atom. The summed E-state index contributed by atoms with van der Waals surface area (Å²) in [6.45, 7) is 0.941. The zero-order valence-corrected chi connectivity index (χ0v) is 12.6. The van der Waals surface area contributed by atoms with Gasteiger partial charge in [-0.1, -0.05) is 30.3 Å². The van der Waals surface area contributed by atoms with Gasteiger partial charge >= 0.3 is 0 Å². The molecule has 2 amide bonds. The fourth-order valence-electron chi connectivity index (χ4n) is 1.80. The van der Waals surface area contributed by atoms with E-state index in [1.54, 1.807) is 6.08 Å². The Morgan fingerprint density at radius 1 is 1.04 bits per heavy atom. The molecule has 0 atom stereocenters. The van der Waals surface area contributed by atoms with Crippen molar-refractivity contribution in [3.63, 3.8) is 0 Å². The van der Waals surface area contributed by atoms with Crippen LogP contribution in [-0.2, 0) is 4.79 Å². The summed E-state index contributed by atoms with van der Waals surface area (Å²) in [6.07, 6.45) is 8.27. The van der Waals surface area contributed by atoms with Crippen LogP contribution in [0.2, 0.25) is 0 Å². The average Bonchev–Trinajstić information content (AvgIpc) is 2.61. The highest BCUT2D eigenvalue weighted by Gasteiger charge is 2.05. The van der Waals surface area contributed by atoms with E-state index in [1.165, 1.54) is 24.7 Å². The van der Waals surface area contributed by atoms with Gasteiger partial charge in [0.1, 0.15) is 5.69 Å². The number of benzene rings is 1. The second-order valence-electron chi connectivity index (χ2n) is 4.74. The van der Waals surface area contributed by atoms with Gasteiger partial charge < -0.3 is 10.6 Å². The maximum Gasteiger partial charge on any atom is 0.271 e. The monoisotopic (exact) mass is 310 g/mol.